The van der Waals surface area contributed by atoms with Crippen molar-refractivity contribution in [2.75, 3.05) is 13.2 Å². The zero-order chi connectivity index (χ0) is 9.94. The molecule has 0 aliphatic heterocycles. The highest BCUT2D eigenvalue weighted by atomic mass is 16.5. The highest BCUT2D eigenvalue weighted by Crippen LogP contribution is 2.00. The number of carbonyl (C=O) groups excluding carboxylic acids is 1. The van der Waals surface area contributed by atoms with E-state index >= 15 is 0 Å². The summed E-state index contributed by atoms with van der Waals surface area (Å²) >= 11 is 0. The van der Waals surface area contributed by atoms with Crippen LogP contribution in [0.5, 0.6) is 0 Å². The van der Waals surface area contributed by atoms with E-state index < -0.39 is 0 Å². The van der Waals surface area contributed by atoms with E-state index in [1.807, 2.05) is 6.92 Å². The third kappa shape index (κ3) is 9.28. The van der Waals surface area contributed by atoms with Gasteiger partial charge in [-0.1, -0.05) is 25.8 Å². The largest absolute Gasteiger partial charge is 0.378 e. The number of allylic oxidation sites excluding steroid dienone is 1. The van der Waals surface area contributed by atoms with Gasteiger partial charge in [0.25, 0.3) is 0 Å². The molecule has 0 aromatic rings. The Kier molecular flexibility index (Phi) is 9.00. The molecule has 0 radical (unpaired) electrons. The minimum Gasteiger partial charge on any atom is -0.378 e. The molecule has 0 N–H and O–H groups in total. The summed E-state index contributed by atoms with van der Waals surface area (Å²) in [5.74, 6) is 0.216. The van der Waals surface area contributed by atoms with Gasteiger partial charge in [0.15, 0.2) is 5.78 Å². The summed E-state index contributed by atoms with van der Waals surface area (Å²) in [6, 6.07) is 0. The molecule has 0 bridgehead atoms. The number of unbranched alkanes of at least 4 members (excludes halogenated alkanes) is 2. The van der Waals surface area contributed by atoms with Crippen molar-refractivity contribution in [2.45, 2.75) is 39.5 Å². The summed E-state index contributed by atoms with van der Waals surface area (Å²) in [7, 11) is 0. The fourth-order valence-corrected chi connectivity index (χ4v) is 0.998. The third-order valence-corrected chi connectivity index (χ3v) is 1.75. The van der Waals surface area contributed by atoms with Crippen molar-refractivity contribution in [3.8, 4) is 0 Å². The highest BCUT2D eigenvalue weighted by molar-refractivity contribution is 5.89. The first kappa shape index (κ1) is 12.4. The number of hydrogen-bond acceptors (Lipinski definition) is 2. The minimum atomic E-state index is 0.216. The molecule has 2 nitrogen and oxygen atoms in total. The third-order valence-electron chi connectivity index (χ3n) is 1.75. The van der Waals surface area contributed by atoms with E-state index in [9.17, 15) is 4.79 Å². The monoisotopic (exact) mass is 184 g/mol. The van der Waals surface area contributed by atoms with Crippen molar-refractivity contribution in [1.29, 1.82) is 0 Å². The van der Waals surface area contributed by atoms with E-state index in [1.54, 1.807) is 12.2 Å². The van der Waals surface area contributed by atoms with Gasteiger partial charge in [0, 0.05) is 13.0 Å². The molecule has 0 aliphatic rings. The van der Waals surface area contributed by atoms with Crippen molar-refractivity contribution >= 4 is 5.78 Å². The Balaban J connectivity index is 3.33. The molecule has 0 aromatic carbocycles. The molecule has 2 heteroatoms. The average molecular weight is 184 g/mol. The lowest BCUT2D eigenvalue weighted by Crippen LogP contribution is -1.94. The number of ketones is 1. The van der Waals surface area contributed by atoms with Crippen molar-refractivity contribution in [2.24, 2.45) is 0 Å². The van der Waals surface area contributed by atoms with Crippen LogP contribution in [0.3, 0.4) is 0 Å². The Morgan fingerprint density at radius 1 is 1.31 bits per heavy atom. The van der Waals surface area contributed by atoms with Crippen molar-refractivity contribution < 1.29 is 9.53 Å². The molecule has 0 saturated heterocycles. The van der Waals surface area contributed by atoms with E-state index in [4.69, 9.17) is 4.74 Å². The molecule has 0 spiro atoms. The Bertz CT molecular complexity index is 150. The van der Waals surface area contributed by atoms with Crippen molar-refractivity contribution in [1.82, 2.24) is 0 Å². The fourth-order valence-electron chi connectivity index (χ4n) is 0.998. The molecule has 0 rings (SSSR count). The van der Waals surface area contributed by atoms with Gasteiger partial charge in [-0.25, -0.2) is 0 Å². The average Bonchev–Trinajstić information content (AvgIpc) is 2.13. The van der Waals surface area contributed by atoms with Crippen LogP contribution in [-0.2, 0) is 9.53 Å². The summed E-state index contributed by atoms with van der Waals surface area (Å²) < 4.78 is 5.07. The summed E-state index contributed by atoms with van der Waals surface area (Å²) in [5.41, 5.74) is 0. The Morgan fingerprint density at radius 2 is 2.08 bits per heavy atom. The van der Waals surface area contributed by atoms with Crippen LogP contribution < -0.4 is 0 Å². The van der Waals surface area contributed by atoms with Gasteiger partial charge >= 0.3 is 0 Å². The first-order valence-electron chi connectivity index (χ1n) is 5.08. The number of rotatable bonds is 8. The Morgan fingerprint density at radius 3 is 2.69 bits per heavy atom. The van der Waals surface area contributed by atoms with Gasteiger partial charge < -0.3 is 4.74 Å². The van der Waals surface area contributed by atoms with Gasteiger partial charge in [0.2, 0.25) is 0 Å². The van der Waals surface area contributed by atoms with Gasteiger partial charge in [-0.15, -0.1) is 0 Å². The Hall–Kier alpha value is -0.630. The summed E-state index contributed by atoms with van der Waals surface area (Å²) in [5, 5.41) is 0. The van der Waals surface area contributed by atoms with Crippen LogP contribution in [0.1, 0.15) is 39.5 Å². The molecule has 0 saturated carbocycles. The maximum Gasteiger partial charge on any atom is 0.155 e. The van der Waals surface area contributed by atoms with Crippen LogP contribution in [0.4, 0.5) is 0 Å². The molecular formula is C11H20O2. The van der Waals surface area contributed by atoms with Crippen molar-refractivity contribution in [3.05, 3.63) is 12.2 Å². The molecule has 0 fully saturated rings. The van der Waals surface area contributed by atoms with E-state index in [0.717, 1.165) is 19.3 Å². The number of ether oxygens (including phenoxy) is 1. The van der Waals surface area contributed by atoms with E-state index in [2.05, 4.69) is 6.92 Å². The van der Waals surface area contributed by atoms with Crippen LogP contribution >= 0.6 is 0 Å². The smallest absolute Gasteiger partial charge is 0.155 e. The minimum absolute atomic E-state index is 0.216. The molecule has 0 aliphatic carbocycles. The van der Waals surface area contributed by atoms with Gasteiger partial charge in [-0.05, 0) is 19.4 Å². The van der Waals surface area contributed by atoms with E-state index in [0.29, 0.717) is 19.6 Å². The second-order valence-electron chi connectivity index (χ2n) is 2.99. The molecule has 76 valence electrons. The van der Waals surface area contributed by atoms with Gasteiger partial charge in [-0.3, -0.25) is 4.79 Å². The standard InChI is InChI=1S/C11H20O2/c1-3-5-6-8-11(12)9-7-10-13-4-2/h7,9H,3-6,8,10H2,1-2H3/b9-7+. The Labute approximate surface area is 81.0 Å². The summed E-state index contributed by atoms with van der Waals surface area (Å²) in [6.07, 6.45) is 7.41. The predicted octanol–water partition coefficient (Wildman–Crippen LogP) is 2.73. The highest BCUT2D eigenvalue weighted by Gasteiger charge is 1.94. The molecule has 0 amide bonds. The van der Waals surface area contributed by atoms with Gasteiger partial charge in [0.05, 0.1) is 6.61 Å². The second-order valence-corrected chi connectivity index (χ2v) is 2.99. The first-order chi connectivity index (χ1) is 6.31. The quantitative estimate of drug-likeness (QED) is 0.428. The lowest BCUT2D eigenvalue weighted by atomic mass is 10.1. The molecule has 13 heavy (non-hydrogen) atoms. The number of carbonyl (C=O) groups is 1. The van der Waals surface area contributed by atoms with Crippen LogP contribution in [0, 0.1) is 0 Å². The topological polar surface area (TPSA) is 26.3 Å². The zero-order valence-electron chi connectivity index (χ0n) is 8.71. The first-order valence-corrected chi connectivity index (χ1v) is 5.08. The van der Waals surface area contributed by atoms with Crippen LogP contribution in [0.25, 0.3) is 0 Å². The zero-order valence-corrected chi connectivity index (χ0v) is 8.71. The fraction of sp³-hybridized carbons (Fsp3) is 0.727. The molecule has 0 heterocycles. The van der Waals surface area contributed by atoms with Crippen LogP contribution in [0.2, 0.25) is 0 Å². The summed E-state index contributed by atoms with van der Waals surface area (Å²) in [4.78, 5) is 11.1. The normalized spacial score (nSPS) is 10.9. The molecule has 0 unspecified atom stereocenters. The molecule has 0 aromatic heterocycles. The van der Waals surface area contributed by atoms with Crippen molar-refractivity contribution in [3.63, 3.8) is 0 Å². The summed E-state index contributed by atoms with van der Waals surface area (Å²) in [6.45, 7) is 5.33. The molecular weight excluding hydrogens is 164 g/mol. The van der Waals surface area contributed by atoms with Crippen LogP contribution in [-0.4, -0.2) is 19.0 Å². The van der Waals surface area contributed by atoms with E-state index in [-0.39, 0.29) is 5.78 Å². The van der Waals surface area contributed by atoms with Crippen LogP contribution in [0.15, 0.2) is 12.2 Å². The second kappa shape index (κ2) is 9.46. The van der Waals surface area contributed by atoms with E-state index in [1.165, 1.54) is 0 Å². The van der Waals surface area contributed by atoms with Gasteiger partial charge in [0.1, 0.15) is 0 Å². The maximum atomic E-state index is 11.1. The lowest BCUT2D eigenvalue weighted by Gasteiger charge is -1.95. The lowest BCUT2D eigenvalue weighted by molar-refractivity contribution is -0.114. The van der Waals surface area contributed by atoms with Gasteiger partial charge in [-0.2, -0.15) is 0 Å². The SMILES string of the molecule is CCCCCC(=O)/C=C/COCC. The predicted molar refractivity (Wildman–Crippen MR) is 54.8 cm³/mol. The maximum absolute atomic E-state index is 11.1. The molecule has 0 atom stereocenters. The number of hydrogen-bond donors (Lipinski definition) is 0.